The molecular formula is C21H34O3. The average Bonchev–Trinajstić information content (AvgIpc) is 2.90. The van der Waals surface area contributed by atoms with Gasteiger partial charge in [-0.25, -0.2) is 0 Å². The lowest BCUT2D eigenvalue weighted by molar-refractivity contribution is -0.261. The number of hydrogen-bond acceptors (Lipinski definition) is 3. The fourth-order valence-electron chi connectivity index (χ4n) is 7.42. The Balaban J connectivity index is 1.60. The lowest BCUT2D eigenvalue weighted by Gasteiger charge is -2.61. The van der Waals surface area contributed by atoms with Crippen molar-refractivity contribution in [1.82, 2.24) is 0 Å². The van der Waals surface area contributed by atoms with E-state index in [1.165, 1.54) is 25.7 Å². The smallest absolute Gasteiger partial charge is 0.167 e. The van der Waals surface area contributed by atoms with Gasteiger partial charge in [0.25, 0.3) is 0 Å². The van der Waals surface area contributed by atoms with Crippen LogP contribution in [0.25, 0.3) is 0 Å². The maximum atomic E-state index is 12.5. The van der Waals surface area contributed by atoms with Crippen molar-refractivity contribution in [2.24, 2.45) is 34.5 Å². The molecular weight excluding hydrogens is 300 g/mol. The first-order valence-corrected chi connectivity index (χ1v) is 10.0. The van der Waals surface area contributed by atoms with E-state index in [0.29, 0.717) is 23.0 Å². The molecule has 6 atom stereocenters. The van der Waals surface area contributed by atoms with Crippen LogP contribution in [-0.2, 0) is 14.3 Å². The molecule has 0 aromatic heterocycles. The summed E-state index contributed by atoms with van der Waals surface area (Å²) in [7, 11) is 3.60. The van der Waals surface area contributed by atoms with E-state index < -0.39 is 0 Å². The van der Waals surface area contributed by atoms with Gasteiger partial charge in [0, 0.05) is 38.9 Å². The number of ether oxygens (including phenoxy) is 2. The monoisotopic (exact) mass is 334 g/mol. The molecule has 0 heterocycles. The SMILES string of the molecule is COC1(OC)CC[C@]2(C)[C@H](CC[C@@H]3[C@H]4CCC(=O)[C@@]4(C)CC[C@@H]32)C1. The molecule has 4 fully saturated rings. The molecule has 4 aliphatic carbocycles. The number of methoxy groups -OCH3 is 2. The van der Waals surface area contributed by atoms with Crippen LogP contribution in [0.3, 0.4) is 0 Å². The predicted octanol–water partition coefficient (Wildman–Crippen LogP) is 4.59. The minimum absolute atomic E-state index is 0.00183. The summed E-state index contributed by atoms with van der Waals surface area (Å²) in [5.41, 5.74) is 0.415. The number of Topliss-reactive ketones (excluding diaryl/α,β-unsaturated/α-hetero) is 1. The summed E-state index contributed by atoms with van der Waals surface area (Å²) >= 11 is 0. The zero-order valence-corrected chi connectivity index (χ0v) is 15.9. The summed E-state index contributed by atoms with van der Waals surface area (Å²) in [4.78, 5) is 12.5. The van der Waals surface area contributed by atoms with Crippen LogP contribution in [0.1, 0.15) is 71.6 Å². The second-order valence-corrected chi connectivity index (χ2v) is 9.60. The third-order valence-corrected chi connectivity index (χ3v) is 9.12. The van der Waals surface area contributed by atoms with Gasteiger partial charge in [-0.05, 0) is 67.6 Å². The van der Waals surface area contributed by atoms with E-state index >= 15 is 0 Å². The Kier molecular flexibility index (Phi) is 3.93. The molecule has 24 heavy (non-hydrogen) atoms. The molecule has 4 aliphatic rings. The molecule has 4 rings (SSSR count). The summed E-state index contributed by atoms with van der Waals surface area (Å²) in [5, 5.41) is 0. The van der Waals surface area contributed by atoms with Gasteiger partial charge in [0.05, 0.1) is 0 Å². The Labute approximate surface area is 146 Å². The van der Waals surface area contributed by atoms with E-state index in [-0.39, 0.29) is 11.2 Å². The van der Waals surface area contributed by atoms with Crippen LogP contribution < -0.4 is 0 Å². The molecule has 0 bridgehead atoms. The standard InChI is InChI=1S/C21H34O3/c1-19-11-12-21(23-3,24-4)13-14(19)5-6-15-16-7-8-18(22)20(16,2)10-9-17(15)19/h14-17H,5-13H2,1-4H3/t14-,15-,16-,17+,19-,20+/m1/s1. The normalized spacial score (nSPS) is 50.1. The molecule has 3 heteroatoms. The van der Waals surface area contributed by atoms with Crippen molar-refractivity contribution in [3.05, 3.63) is 0 Å². The van der Waals surface area contributed by atoms with Gasteiger partial charge in [-0.3, -0.25) is 4.79 Å². The van der Waals surface area contributed by atoms with Gasteiger partial charge in [-0.2, -0.15) is 0 Å². The first-order chi connectivity index (χ1) is 11.4. The van der Waals surface area contributed by atoms with Crippen molar-refractivity contribution in [1.29, 1.82) is 0 Å². The summed E-state index contributed by atoms with van der Waals surface area (Å²) in [5.74, 6) is 3.12. The summed E-state index contributed by atoms with van der Waals surface area (Å²) in [6, 6.07) is 0. The molecule has 0 aromatic carbocycles. The summed E-state index contributed by atoms with van der Waals surface area (Å²) in [6.45, 7) is 4.82. The molecule has 4 saturated carbocycles. The van der Waals surface area contributed by atoms with Crippen LogP contribution >= 0.6 is 0 Å². The van der Waals surface area contributed by atoms with Gasteiger partial charge in [-0.15, -0.1) is 0 Å². The fourth-order valence-corrected chi connectivity index (χ4v) is 7.42. The lowest BCUT2D eigenvalue weighted by atomic mass is 9.45. The Morgan fingerprint density at radius 1 is 0.917 bits per heavy atom. The van der Waals surface area contributed by atoms with Gasteiger partial charge in [0.15, 0.2) is 5.79 Å². The maximum absolute atomic E-state index is 12.5. The van der Waals surface area contributed by atoms with Gasteiger partial charge in [-0.1, -0.05) is 13.8 Å². The molecule has 0 aromatic rings. The Morgan fingerprint density at radius 2 is 1.67 bits per heavy atom. The number of fused-ring (bicyclic) bond motifs is 5. The molecule has 0 radical (unpaired) electrons. The van der Waals surface area contributed by atoms with E-state index in [0.717, 1.165) is 43.9 Å². The van der Waals surface area contributed by atoms with Crippen molar-refractivity contribution < 1.29 is 14.3 Å². The highest BCUT2D eigenvalue weighted by atomic mass is 16.7. The van der Waals surface area contributed by atoms with E-state index in [4.69, 9.17) is 9.47 Å². The van der Waals surface area contributed by atoms with Crippen molar-refractivity contribution in [3.8, 4) is 0 Å². The van der Waals surface area contributed by atoms with Crippen LogP contribution in [-0.4, -0.2) is 25.8 Å². The highest BCUT2D eigenvalue weighted by Crippen LogP contribution is 2.66. The largest absolute Gasteiger partial charge is 0.353 e. The summed E-state index contributed by atoms with van der Waals surface area (Å²) < 4.78 is 11.6. The molecule has 0 aliphatic heterocycles. The number of hydrogen-bond donors (Lipinski definition) is 0. The number of carbonyl (C=O) groups excluding carboxylic acids is 1. The molecule has 0 N–H and O–H groups in total. The Bertz CT molecular complexity index is 525. The van der Waals surface area contributed by atoms with E-state index in [2.05, 4.69) is 13.8 Å². The molecule has 0 spiro atoms. The minimum atomic E-state index is -0.358. The highest BCUT2D eigenvalue weighted by molar-refractivity contribution is 5.87. The van der Waals surface area contributed by atoms with Gasteiger partial charge in [0.1, 0.15) is 5.78 Å². The third kappa shape index (κ3) is 2.13. The lowest BCUT2D eigenvalue weighted by Crippen LogP contribution is -2.56. The second-order valence-electron chi connectivity index (χ2n) is 9.60. The van der Waals surface area contributed by atoms with E-state index in [1.54, 1.807) is 14.2 Å². The van der Waals surface area contributed by atoms with Gasteiger partial charge < -0.3 is 9.47 Å². The first-order valence-electron chi connectivity index (χ1n) is 10.0. The van der Waals surface area contributed by atoms with Crippen LogP contribution in [0.2, 0.25) is 0 Å². The Morgan fingerprint density at radius 3 is 2.38 bits per heavy atom. The van der Waals surface area contributed by atoms with E-state index in [1.807, 2.05) is 0 Å². The summed E-state index contributed by atoms with van der Waals surface area (Å²) in [6.07, 6.45) is 10.2. The average molecular weight is 335 g/mol. The zero-order chi connectivity index (χ0) is 17.2. The first kappa shape index (κ1) is 17.0. The van der Waals surface area contributed by atoms with Crippen molar-refractivity contribution >= 4 is 5.78 Å². The number of rotatable bonds is 2. The minimum Gasteiger partial charge on any atom is -0.353 e. The fraction of sp³-hybridized carbons (Fsp3) is 0.952. The van der Waals surface area contributed by atoms with Crippen LogP contribution in [0.15, 0.2) is 0 Å². The number of carbonyl (C=O) groups is 1. The number of ketones is 1. The molecule has 3 nitrogen and oxygen atoms in total. The topological polar surface area (TPSA) is 35.5 Å². The quantitative estimate of drug-likeness (QED) is 0.693. The van der Waals surface area contributed by atoms with Crippen LogP contribution in [0.5, 0.6) is 0 Å². The van der Waals surface area contributed by atoms with Crippen molar-refractivity contribution in [2.75, 3.05) is 14.2 Å². The van der Waals surface area contributed by atoms with Gasteiger partial charge in [0.2, 0.25) is 0 Å². The molecule has 0 saturated heterocycles. The third-order valence-electron chi connectivity index (χ3n) is 9.12. The molecule has 136 valence electrons. The zero-order valence-electron chi connectivity index (χ0n) is 15.9. The van der Waals surface area contributed by atoms with Crippen LogP contribution in [0.4, 0.5) is 0 Å². The second kappa shape index (κ2) is 5.54. The highest BCUT2D eigenvalue weighted by Gasteiger charge is 2.61. The Hall–Kier alpha value is -0.410. The maximum Gasteiger partial charge on any atom is 0.167 e. The molecule has 0 amide bonds. The van der Waals surface area contributed by atoms with E-state index in [9.17, 15) is 4.79 Å². The van der Waals surface area contributed by atoms with Crippen LogP contribution in [0, 0.1) is 34.5 Å². The van der Waals surface area contributed by atoms with Crippen molar-refractivity contribution in [3.63, 3.8) is 0 Å². The predicted molar refractivity (Wildman–Crippen MR) is 93.5 cm³/mol. The molecule has 0 unspecified atom stereocenters. The van der Waals surface area contributed by atoms with Gasteiger partial charge >= 0.3 is 0 Å². The van der Waals surface area contributed by atoms with Crippen molar-refractivity contribution in [2.45, 2.75) is 77.4 Å².